The van der Waals surface area contributed by atoms with Crippen LogP contribution in [0.15, 0.2) is 45.6 Å². The maximum atomic E-state index is 7.36. The predicted octanol–water partition coefficient (Wildman–Crippen LogP) is 5.78. The van der Waals surface area contributed by atoms with Crippen LogP contribution in [-0.4, -0.2) is 25.6 Å². The van der Waals surface area contributed by atoms with Gasteiger partial charge in [0.1, 0.15) is 0 Å². The molecule has 4 aliphatic rings. The average Bonchev–Trinajstić information content (AvgIpc) is 3.01. The van der Waals surface area contributed by atoms with Crippen molar-refractivity contribution in [3.8, 4) is 0 Å². The quantitative estimate of drug-likeness (QED) is 0.354. The van der Waals surface area contributed by atoms with E-state index in [-0.39, 0.29) is 8.99 Å². The van der Waals surface area contributed by atoms with Crippen molar-refractivity contribution in [1.29, 1.82) is 0 Å². The molecular formula is C21H29Cl2OSiZr. The molecule has 4 rings (SSSR count). The third kappa shape index (κ3) is 3.73. The summed E-state index contributed by atoms with van der Waals surface area (Å²) < 4.78 is 3.91. The summed E-state index contributed by atoms with van der Waals surface area (Å²) >= 11 is 15.9. The van der Waals surface area contributed by atoms with Crippen LogP contribution in [0.2, 0.25) is 0 Å². The van der Waals surface area contributed by atoms with E-state index in [4.69, 9.17) is 23.2 Å². The van der Waals surface area contributed by atoms with Gasteiger partial charge in [-0.25, -0.2) is 0 Å². The summed E-state index contributed by atoms with van der Waals surface area (Å²) in [5, 5.41) is 0. The van der Waals surface area contributed by atoms with Crippen LogP contribution in [0.4, 0.5) is 0 Å². The van der Waals surface area contributed by atoms with Gasteiger partial charge in [0.05, 0.1) is 18.5 Å². The van der Waals surface area contributed by atoms with Crippen LogP contribution in [0, 0.1) is 0 Å². The first-order valence-electron chi connectivity index (χ1n) is 9.77. The first kappa shape index (κ1) is 21.3. The minimum atomic E-state index is -0.776. The molecule has 0 bridgehead atoms. The molecule has 0 saturated heterocycles. The number of halogens is 2. The Kier molecular flexibility index (Phi) is 7.00. The van der Waals surface area contributed by atoms with Crippen molar-refractivity contribution in [2.45, 2.75) is 74.2 Å². The average molecular weight is 488 g/mol. The molecule has 141 valence electrons. The van der Waals surface area contributed by atoms with E-state index in [1.165, 1.54) is 84.8 Å². The van der Waals surface area contributed by atoms with Crippen molar-refractivity contribution in [2.24, 2.45) is 0 Å². The molecule has 0 amide bonds. The summed E-state index contributed by atoms with van der Waals surface area (Å²) in [5.74, 6) is 0. The summed E-state index contributed by atoms with van der Waals surface area (Å²) in [7, 11) is 0.889. The van der Waals surface area contributed by atoms with E-state index in [2.05, 4.69) is 28.8 Å². The summed E-state index contributed by atoms with van der Waals surface area (Å²) in [4.78, 5) is 0. The van der Waals surface area contributed by atoms with Crippen LogP contribution in [0.3, 0.4) is 0 Å². The van der Waals surface area contributed by atoms with Crippen molar-refractivity contribution in [2.75, 3.05) is 7.11 Å². The number of rotatable bonds is 2. The Labute approximate surface area is 186 Å². The second kappa shape index (κ2) is 8.54. The Morgan fingerprint density at radius 1 is 0.846 bits per heavy atom. The van der Waals surface area contributed by atoms with Crippen molar-refractivity contribution in [1.82, 2.24) is 0 Å². The first-order chi connectivity index (χ1) is 12.4. The monoisotopic (exact) mass is 485 g/mol. The fraction of sp³-hybridized carbons (Fsp3) is 0.619. The molecule has 2 unspecified atom stereocenters. The Hall–Kier alpha value is 0.600. The molecule has 0 radical (unpaired) electrons. The third-order valence-corrected chi connectivity index (χ3v) is 11.3. The van der Waals surface area contributed by atoms with Gasteiger partial charge in [0.2, 0.25) is 0 Å². The van der Waals surface area contributed by atoms with Crippen LogP contribution >= 0.6 is 23.2 Å². The number of allylic oxidation sites excluding steroid dienone is 8. The molecule has 0 aliphatic heterocycles. The zero-order chi connectivity index (χ0) is 18.9. The molecule has 26 heavy (non-hydrogen) atoms. The second-order valence-corrected chi connectivity index (χ2v) is 13.7. The minimum absolute atomic E-state index is 0.216. The van der Waals surface area contributed by atoms with Crippen molar-refractivity contribution >= 4 is 32.7 Å². The fourth-order valence-corrected chi connectivity index (χ4v) is 9.75. The number of hydrogen-bond donors (Lipinski definition) is 0. The third-order valence-electron chi connectivity index (χ3n) is 6.50. The van der Waals surface area contributed by atoms with Gasteiger partial charge in [0.25, 0.3) is 0 Å². The van der Waals surface area contributed by atoms with Crippen LogP contribution in [-0.2, 0) is 28.0 Å². The zero-order valence-electron chi connectivity index (χ0n) is 16.2. The first-order valence-corrected chi connectivity index (χ1v) is 12.9. The molecule has 2 atom stereocenters. The SMILES string of the molecule is CC1=CC2=C(CCCC2)C1(Cl)[SiH2]C1(Cl)C(C)=CC2=C1CCCC2.C[O][Zr]. The number of hydrogen-bond acceptors (Lipinski definition) is 1. The van der Waals surface area contributed by atoms with Crippen molar-refractivity contribution < 1.29 is 28.0 Å². The summed E-state index contributed by atoms with van der Waals surface area (Å²) in [6, 6.07) is 0. The molecule has 4 aliphatic carbocycles. The Morgan fingerprint density at radius 3 is 1.58 bits per heavy atom. The molecule has 1 nitrogen and oxygen atoms in total. The van der Waals surface area contributed by atoms with Gasteiger partial charge in [-0.3, -0.25) is 0 Å². The van der Waals surface area contributed by atoms with Crippen molar-refractivity contribution in [3.05, 3.63) is 45.6 Å². The van der Waals surface area contributed by atoms with E-state index in [1.807, 2.05) is 0 Å². The van der Waals surface area contributed by atoms with E-state index >= 15 is 0 Å². The zero-order valence-corrected chi connectivity index (χ0v) is 21.6. The molecule has 0 aromatic rings. The Morgan fingerprint density at radius 2 is 1.19 bits per heavy atom. The number of alkyl halides is 2. The standard InChI is InChI=1S/C20H26Cl2Si.CH3O.Zr/c1-13-11-15-7-3-5-9-17(15)19(13,21)23-20(22)14(2)12-16-8-4-6-10-18(16)20;1-2;/h11-12H,3-10,23H2,1-2H3;1H3;/q;-1;+1. The van der Waals surface area contributed by atoms with E-state index in [9.17, 15) is 0 Å². The van der Waals surface area contributed by atoms with Crippen molar-refractivity contribution in [3.63, 3.8) is 0 Å². The van der Waals surface area contributed by atoms with E-state index < -0.39 is 9.52 Å². The fourth-order valence-electron chi connectivity index (χ4n) is 5.14. The topological polar surface area (TPSA) is 9.23 Å². The van der Waals surface area contributed by atoms with E-state index in [0.717, 1.165) is 25.2 Å². The molecule has 0 spiro atoms. The summed E-state index contributed by atoms with van der Waals surface area (Å²) in [5.41, 5.74) is 8.88. The van der Waals surface area contributed by atoms with Gasteiger partial charge in [-0.05, 0) is 87.5 Å². The Balaban J connectivity index is 0.000000613. The summed E-state index contributed by atoms with van der Waals surface area (Å²) in [6.45, 7) is 4.48. The molecule has 0 aromatic heterocycles. The van der Waals surface area contributed by atoms with E-state index in [1.54, 1.807) is 7.11 Å². The summed E-state index contributed by atoms with van der Waals surface area (Å²) in [6.07, 6.45) is 14.8. The Bertz CT molecular complexity index is 651. The van der Waals surface area contributed by atoms with Gasteiger partial charge in [-0.15, -0.1) is 23.2 Å². The predicted molar refractivity (Wildman–Crippen MR) is 111 cm³/mol. The van der Waals surface area contributed by atoms with Crippen LogP contribution < -0.4 is 0 Å². The maximum absolute atomic E-state index is 7.36. The second-order valence-electron chi connectivity index (χ2n) is 8.06. The molecule has 0 saturated carbocycles. The molecular weight excluding hydrogens is 458 g/mol. The van der Waals surface area contributed by atoms with Crippen LogP contribution in [0.1, 0.15) is 65.2 Å². The molecule has 0 fully saturated rings. The van der Waals surface area contributed by atoms with Crippen LogP contribution in [0.5, 0.6) is 0 Å². The molecule has 0 heterocycles. The van der Waals surface area contributed by atoms with Gasteiger partial charge in [0, 0.05) is 0 Å². The van der Waals surface area contributed by atoms with Gasteiger partial charge >= 0.3 is 35.1 Å². The molecule has 0 N–H and O–H groups in total. The van der Waals surface area contributed by atoms with Gasteiger partial charge < -0.3 is 0 Å². The van der Waals surface area contributed by atoms with Crippen LogP contribution in [0.25, 0.3) is 0 Å². The van der Waals surface area contributed by atoms with Gasteiger partial charge in [0.15, 0.2) is 0 Å². The molecule has 0 aromatic carbocycles. The van der Waals surface area contributed by atoms with Gasteiger partial charge in [-0.2, -0.15) is 0 Å². The van der Waals surface area contributed by atoms with E-state index in [0.29, 0.717) is 0 Å². The molecule has 5 heteroatoms. The normalized spacial score (nSPS) is 33.7. The van der Waals surface area contributed by atoms with Gasteiger partial charge in [-0.1, -0.05) is 23.3 Å².